The van der Waals surface area contributed by atoms with E-state index in [1.807, 2.05) is 20.8 Å². The molecule has 0 aromatic heterocycles. The van der Waals surface area contributed by atoms with Crippen molar-refractivity contribution in [2.75, 3.05) is 26.7 Å². The van der Waals surface area contributed by atoms with Crippen LogP contribution in [-0.2, 0) is 0 Å². The van der Waals surface area contributed by atoms with E-state index in [-0.39, 0.29) is 17.1 Å². The molecule has 1 aromatic rings. The van der Waals surface area contributed by atoms with E-state index in [9.17, 15) is 9.18 Å². The first-order valence-corrected chi connectivity index (χ1v) is 6.67. The molecule has 0 saturated carbocycles. The highest BCUT2D eigenvalue weighted by Gasteiger charge is 2.24. The third-order valence-electron chi connectivity index (χ3n) is 3.24. The lowest BCUT2D eigenvalue weighted by molar-refractivity contribution is 0.0700. The van der Waals surface area contributed by atoms with E-state index in [1.54, 1.807) is 4.90 Å². The summed E-state index contributed by atoms with van der Waals surface area (Å²) in [6.45, 7) is 7.54. The molecule has 0 fully saturated rings. The number of benzene rings is 1. The minimum Gasteiger partial charge on any atom is -0.494 e. The summed E-state index contributed by atoms with van der Waals surface area (Å²) < 4.78 is 18.3. The second-order valence-corrected chi connectivity index (χ2v) is 5.54. The molecular formula is C15H23FN2O2. The molecule has 1 aromatic carbocycles. The fourth-order valence-corrected chi connectivity index (χ4v) is 1.88. The van der Waals surface area contributed by atoms with Gasteiger partial charge >= 0.3 is 0 Å². The number of nitrogens with two attached hydrogens (primary N) is 1. The second kappa shape index (κ2) is 6.70. The Bertz CT molecular complexity index is 475. The molecule has 0 aliphatic heterocycles. The van der Waals surface area contributed by atoms with Crippen molar-refractivity contribution in [3.05, 3.63) is 29.6 Å². The van der Waals surface area contributed by atoms with Gasteiger partial charge in [0.2, 0.25) is 0 Å². The fourth-order valence-electron chi connectivity index (χ4n) is 1.88. The largest absolute Gasteiger partial charge is 0.494 e. The first-order chi connectivity index (χ1) is 9.34. The van der Waals surface area contributed by atoms with E-state index in [4.69, 9.17) is 10.5 Å². The lowest BCUT2D eigenvalue weighted by Crippen LogP contribution is -2.42. The summed E-state index contributed by atoms with van der Waals surface area (Å²) in [5.41, 5.74) is 5.96. The van der Waals surface area contributed by atoms with Crippen LogP contribution in [0.5, 0.6) is 5.75 Å². The van der Waals surface area contributed by atoms with Crippen molar-refractivity contribution in [1.82, 2.24) is 4.90 Å². The Hall–Kier alpha value is -1.62. The molecule has 0 aliphatic carbocycles. The normalized spacial score (nSPS) is 11.3. The Kier molecular flexibility index (Phi) is 5.51. The Labute approximate surface area is 119 Å². The van der Waals surface area contributed by atoms with Gasteiger partial charge in [-0.2, -0.15) is 0 Å². The van der Waals surface area contributed by atoms with E-state index >= 15 is 0 Å². The molecule has 0 heterocycles. The minimum atomic E-state index is -0.477. The molecule has 0 unspecified atom stereocenters. The van der Waals surface area contributed by atoms with Crippen LogP contribution in [0.2, 0.25) is 0 Å². The Balaban J connectivity index is 2.97. The third-order valence-corrected chi connectivity index (χ3v) is 3.24. The number of nitrogens with zero attached hydrogens (tertiary/aromatic N) is 1. The van der Waals surface area contributed by atoms with Crippen LogP contribution in [0.3, 0.4) is 0 Å². The maximum Gasteiger partial charge on any atom is 0.254 e. The van der Waals surface area contributed by atoms with Gasteiger partial charge in [-0.05, 0) is 37.1 Å². The molecule has 20 heavy (non-hydrogen) atoms. The molecule has 112 valence electrons. The predicted molar refractivity (Wildman–Crippen MR) is 77.4 cm³/mol. The maximum absolute atomic E-state index is 13.4. The van der Waals surface area contributed by atoms with Gasteiger partial charge in [0, 0.05) is 18.7 Å². The summed E-state index contributed by atoms with van der Waals surface area (Å²) in [6.07, 6.45) is 0. The molecule has 0 spiro atoms. The van der Waals surface area contributed by atoms with Crippen LogP contribution in [0.25, 0.3) is 0 Å². The zero-order valence-corrected chi connectivity index (χ0v) is 12.6. The van der Waals surface area contributed by atoms with Crippen molar-refractivity contribution in [3.63, 3.8) is 0 Å². The third kappa shape index (κ3) is 3.93. The number of amides is 1. The summed E-state index contributed by atoms with van der Waals surface area (Å²) in [5.74, 6) is -0.549. The molecule has 0 bridgehead atoms. The molecule has 0 saturated heterocycles. The fraction of sp³-hybridized carbons (Fsp3) is 0.533. The zero-order valence-electron chi connectivity index (χ0n) is 12.6. The lowest BCUT2D eigenvalue weighted by Gasteiger charge is -2.31. The van der Waals surface area contributed by atoms with Crippen molar-refractivity contribution in [3.8, 4) is 5.75 Å². The Morgan fingerprint density at radius 2 is 2.10 bits per heavy atom. The van der Waals surface area contributed by atoms with Crippen LogP contribution < -0.4 is 10.5 Å². The molecule has 0 atom stereocenters. The smallest absolute Gasteiger partial charge is 0.254 e. The molecule has 0 radical (unpaired) electrons. The first-order valence-electron chi connectivity index (χ1n) is 6.67. The summed E-state index contributed by atoms with van der Waals surface area (Å²) in [6, 6.07) is 4.14. The Morgan fingerprint density at radius 3 is 2.60 bits per heavy atom. The molecule has 5 heteroatoms. The summed E-state index contributed by atoms with van der Waals surface area (Å²) in [4.78, 5) is 14.2. The minimum absolute atomic E-state index is 0.0741. The van der Waals surface area contributed by atoms with Gasteiger partial charge in [-0.3, -0.25) is 4.79 Å². The Morgan fingerprint density at radius 1 is 1.45 bits per heavy atom. The first kappa shape index (κ1) is 16.4. The number of carbonyl (C=O) groups excluding carboxylic acids is 1. The van der Waals surface area contributed by atoms with Gasteiger partial charge in [0.15, 0.2) is 11.6 Å². The number of hydrogen-bond donors (Lipinski definition) is 1. The van der Waals surface area contributed by atoms with Crippen molar-refractivity contribution >= 4 is 5.91 Å². The maximum atomic E-state index is 13.4. The number of carbonyl (C=O) groups is 1. The summed E-state index contributed by atoms with van der Waals surface area (Å²) >= 11 is 0. The quantitative estimate of drug-likeness (QED) is 0.871. The van der Waals surface area contributed by atoms with Crippen LogP contribution in [-0.4, -0.2) is 37.6 Å². The summed E-state index contributed by atoms with van der Waals surface area (Å²) in [7, 11) is 1.38. The predicted octanol–water partition coefficient (Wildman–Crippen LogP) is 2.28. The molecule has 2 N–H and O–H groups in total. The number of halogens is 1. The van der Waals surface area contributed by atoms with Crippen molar-refractivity contribution in [2.45, 2.75) is 20.8 Å². The van der Waals surface area contributed by atoms with Gasteiger partial charge in [0.1, 0.15) is 0 Å². The van der Waals surface area contributed by atoms with Gasteiger partial charge in [0.25, 0.3) is 5.91 Å². The highest BCUT2D eigenvalue weighted by Crippen LogP contribution is 2.21. The van der Waals surface area contributed by atoms with Crippen LogP contribution in [0.4, 0.5) is 4.39 Å². The SMILES string of the molecule is CCN(CC(C)(C)CN)C(=O)c1ccc(F)c(OC)c1. The van der Waals surface area contributed by atoms with Gasteiger partial charge in [-0.15, -0.1) is 0 Å². The number of ether oxygens (including phenoxy) is 1. The van der Waals surface area contributed by atoms with Crippen LogP contribution >= 0.6 is 0 Å². The topological polar surface area (TPSA) is 55.6 Å². The highest BCUT2D eigenvalue weighted by atomic mass is 19.1. The second-order valence-electron chi connectivity index (χ2n) is 5.54. The lowest BCUT2D eigenvalue weighted by atomic mass is 9.93. The van der Waals surface area contributed by atoms with Gasteiger partial charge < -0.3 is 15.4 Å². The molecule has 4 nitrogen and oxygen atoms in total. The standard InChI is InChI=1S/C15H23FN2O2/c1-5-18(10-15(2,3)9-17)14(19)11-6-7-12(16)13(8-11)20-4/h6-8H,5,9-10,17H2,1-4H3. The number of rotatable bonds is 6. The average Bonchev–Trinajstić information content (AvgIpc) is 2.44. The van der Waals surface area contributed by atoms with Crippen LogP contribution in [0.1, 0.15) is 31.1 Å². The van der Waals surface area contributed by atoms with Crippen LogP contribution in [0, 0.1) is 11.2 Å². The van der Waals surface area contributed by atoms with E-state index in [2.05, 4.69) is 0 Å². The molecular weight excluding hydrogens is 259 g/mol. The van der Waals surface area contributed by atoms with Crippen molar-refractivity contribution < 1.29 is 13.9 Å². The van der Waals surface area contributed by atoms with Gasteiger partial charge in [-0.25, -0.2) is 4.39 Å². The van der Waals surface area contributed by atoms with E-state index in [1.165, 1.54) is 25.3 Å². The monoisotopic (exact) mass is 282 g/mol. The van der Waals surface area contributed by atoms with E-state index < -0.39 is 5.82 Å². The van der Waals surface area contributed by atoms with E-state index in [0.717, 1.165) is 0 Å². The van der Waals surface area contributed by atoms with E-state index in [0.29, 0.717) is 25.2 Å². The number of methoxy groups -OCH3 is 1. The van der Waals surface area contributed by atoms with Crippen molar-refractivity contribution in [2.24, 2.45) is 11.1 Å². The molecule has 1 rings (SSSR count). The summed E-state index contributed by atoms with van der Waals surface area (Å²) in [5, 5.41) is 0. The zero-order chi connectivity index (χ0) is 15.3. The van der Waals surface area contributed by atoms with Crippen LogP contribution in [0.15, 0.2) is 18.2 Å². The number of hydrogen-bond acceptors (Lipinski definition) is 3. The van der Waals surface area contributed by atoms with Crippen molar-refractivity contribution in [1.29, 1.82) is 0 Å². The van der Waals surface area contributed by atoms with Gasteiger partial charge in [-0.1, -0.05) is 13.8 Å². The molecule has 1 amide bonds. The average molecular weight is 282 g/mol. The highest BCUT2D eigenvalue weighted by molar-refractivity contribution is 5.94. The van der Waals surface area contributed by atoms with Gasteiger partial charge in [0.05, 0.1) is 7.11 Å². The molecule has 0 aliphatic rings.